The SMILES string of the molecule is COc1cc(N2CC(CSC(C)=O)CC2=O)ccc1Cl. The number of amides is 1. The molecule has 6 heteroatoms. The number of halogens is 1. The van der Waals surface area contributed by atoms with Crippen molar-refractivity contribution in [2.75, 3.05) is 24.3 Å². The van der Waals surface area contributed by atoms with E-state index in [2.05, 4.69) is 0 Å². The molecule has 1 atom stereocenters. The van der Waals surface area contributed by atoms with Crippen molar-refractivity contribution in [3.63, 3.8) is 0 Å². The summed E-state index contributed by atoms with van der Waals surface area (Å²) in [6, 6.07) is 5.30. The van der Waals surface area contributed by atoms with Gasteiger partial charge in [0.25, 0.3) is 0 Å². The summed E-state index contributed by atoms with van der Waals surface area (Å²) < 4.78 is 5.17. The van der Waals surface area contributed by atoms with E-state index in [1.807, 2.05) is 6.07 Å². The van der Waals surface area contributed by atoms with Gasteiger partial charge in [-0.05, 0) is 18.1 Å². The number of carbonyl (C=O) groups excluding carboxylic acids is 2. The summed E-state index contributed by atoms with van der Waals surface area (Å²) >= 11 is 7.26. The number of thioether (sulfide) groups is 1. The van der Waals surface area contributed by atoms with Crippen LogP contribution in [0.3, 0.4) is 0 Å². The van der Waals surface area contributed by atoms with Crippen LogP contribution in [0, 0.1) is 5.92 Å². The lowest BCUT2D eigenvalue weighted by Crippen LogP contribution is -2.24. The highest BCUT2D eigenvalue weighted by Gasteiger charge is 2.31. The first kappa shape index (κ1) is 15.2. The summed E-state index contributed by atoms with van der Waals surface area (Å²) in [4.78, 5) is 24.8. The fraction of sp³-hybridized carbons (Fsp3) is 0.429. The molecular formula is C14H16ClNO3S. The van der Waals surface area contributed by atoms with Gasteiger partial charge in [-0.25, -0.2) is 0 Å². The summed E-state index contributed by atoms with van der Waals surface area (Å²) in [6.45, 7) is 2.17. The molecule has 1 aliphatic heterocycles. The van der Waals surface area contributed by atoms with Crippen molar-refractivity contribution in [2.24, 2.45) is 5.92 Å². The number of anilines is 1. The maximum Gasteiger partial charge on any atom is 0.227 e. The molecule has 1 aromatic carbocycles. The monoisotopic (exact) mass is 313 g/mol. The number of carbonyl (C=O) groups is 2. The number of benzene rings is 1. The second-order valence-corrected chi connectivity index (χ2v) is 6.30. The quantitative estimate of drug-likeness (QED) is 0.857. The average molecular weight is 314 g/mol. The molecule has 1 aromatic rings. The van der Waals surface area contributed by atoms with Gasteiger partial charge in [-0.1, -0.05) is 23.4 Å². The Kier molecular flexibility index (Phi) is 4.94. The van der Waals surface area contributed by atoms with Gasteiger partial charge >= 0.3 is 0 Å². The smallest absolute Gasteiger partial charge is 0.227 e. The van der Waals surface area contributed by atoms with Crippen LogP contribution in [0.15, 0.2) is 18.2 Å². The molecule has 1 unspecified atom stereocenters. The van der Waals surface area contributed by atoms with Gasteiger partial charge in [0.05, 0.1) is 12.1 Å². The van der Waals surface area contributed by atoms with Crippen LogP contribution in [-0.2, 0) is 9.59 Å². The third-order valence-corrected chi connectivity index (χ3v) is 4.53. The van der Waals surface area contributed by atoms with Crippen molar-refractivity contribution in [1.29, 1.82) is 0 Å². The largest absolute Gasteiger partial charge is 0.495 e. The third-order valence-electron chi connectivity index (χ3n) is 3.17. The van der Waals surface area contributed by atoms with Crippen molar-refractivity contribution >= 4 is 40.1 Å². The Hall–Kier alpha value is -1.20. The van der Waals surface area contributed by atoms with Crippen molar-refractivity contribution in [3.05, 3.63) is 23.2 Å². The van der Waals surface area contributed by atoms with E-state index in [9.17, 15) is 9.59 Å². The molecule has 0 radical (unpaired) electrons. The van der Waals surface area contributed by atoms with Gasteiger partial charge in [0.15, 0.2) is 5.12 Å². The van der Waals surface area contributed by atoms with E-state index in [-0.39, 0.29) is 16.9 Å². The second kappa shape index (κ2) is 6.50. The summed E-state index contributed by atoms with van der Waals surface area (Å²) in [5.41, 5.74) is 0.784. The van der Waals surface area contributed by atoms with Crippen LogP contribution in [0.4, 0.5) is 5.69 Å². The van der Waals surface area contributed by atoms with Crippen molar-refractivity contribution in [3.8, 4) is 5.75 Å². The number of rotatable bonds is 4. The lowest BCUT2D eigenvalue weighted by molar-refractivity contribution is -0.117. The van der Waals surface area contributed by atoms with Crippen LogP contribution in [0.1, 0.15) is 13.3 Å². The Morgan fingerprint density at radius 3 is 2.95 bits per heavy atom. The molecule has 0 aliphatic carbocycles. The van der Waals surface area contributed by atoms with E-state index in [0.717, 1.165) is 5.69 Å². The minimum atomic E-state index is 0.0727. The number of methoxy groups -OCH3 is 1. The maximum absolute atomic E-state index is 12.1. The third kappa shape index (κ3) is 3.46. The Morgan fingerprint density at radius 2 is 2.30 bits per heavy atom. The molecule has 0 spiro atoms. The zero-order valence-electron chi connectivity index (χ0n) is 11.4. The molecular weight excluding hydrogens is 298 g/mol. The highest BCUT2D eigenvalue weighted by molar-refractivity contribution is 8.13. The minimum Gasteiger partial charge on any atom is -0.495 e. The average Bonchev–Trinajstić information content (AvgIpc) is 2.78. The summed E-state index contributed by atoms with van der Waals surface area (Å²) in [5, 5.41) is 0.607. The maximum atomic E-state index is 12.1. The molecule has 108 valence electrons. The zero-order valence-corrected chi connectivity index (χ0v) is 13.0. The molecule has 0 bridgehead atoms. The highest BCUT2D eigenvalue weighted by atomic mass is 35.5. The van der Waals surface area contributed by atoms with E-state index >= 15 is 0 Å². The van der Waals surface area contributed by atoms with Gasteiger partial charge in [0.1, 0.15) is 5.75 Å². The van der Waals surface area contributed by atoms with Crippen molar-refractivity contribution in [2.45, 2.75) is 13.3 Å². The fourth-order valence-corrected chi connectivity index (χ4v) is 3.08. The van der Waals surface area contributed by atoms with Crippen LogP contribution in [-0.4, -0.2) is 30.4 Å². The van der Waals surface area contributed by atoms with Gasteiger partial charge < -0.3 is 9.64 Å². The van der Waals surface area contributed by atoms with E-state index in [1.54, 1.807) is 31.1 Å². The summed E-state index contributed by atoms with van der Waals surface area (Å²) in [7, 11) is 1.54. The van der Waals surface area contributed by atoms with Crippen LogP contribution >= 0.6 is 23.4 Å². The van der Waals surface area contributed by atoms with Crippen LogP contribution in [0.5, 0.6) is 5.75 Å². The molecule has 1 saturated heterocycles. The molecule has 1 amide bonds. The minimum absolute atomic E-state index is 0.0727. The zero-order chi connectivity index (χ0) is 14.7. The van der Waals surface area contributed by atoms with Gasteiger partial charge in [0, 0.05) is 37.4 Å². The molecule has 1 heterocycles. The van der Waals surface area contributed by atoms with Crippen molar-refractivity contribution < 1.29 is 14.3 Å². The van der Waals surface area contributed by atoms with E-state index in [0.29, 0.717) is 29.5 Å². The second-order valence-electron chi connectivity index (χ2n) is 4.70. The highest BCUT2D eigenvalue weighted by Crippen LogP contribution is 2.33. The lowest BCUT2D eigenvalue weighted by Gasteiger charge is -2.18. The van der Waals surface area contributed by atoms with E-state index < -0.39 is 0 Å². The first-order chi connectivity index (χ1) is 9.51. The van der Waals surface area contributed by atoms with Crippen LogP contribution in [0.2, 0.25) is 5.02 Å². The molecule has 2 rings (SSSR count). The van der Waals surface area contributed by atoms with Crippen molar-refractivity contribution in [1.82, 2.24) is 0 Å². The van der Waals surface area contributed by atoms with Gasteiger partial charge in [-0.3, -0.25) is 9.59 Å². The first-order valence-corrected chi connectivity index (χ1v) is 7.65. The van der Waals surface area contributed by atoms with Gasteiger partial charge in [0.2, 0.25) is 5.91 Å². The number of nitrogens with zero attached hydrogens (tertiary/aromatic N) is 1. The van der Waals surface area contributed by atoms with Gasteiger partial charge in [-0.2, -0.15) is 0 Å². The van der Waals surface area contributed by atoms with Gasteiger partial charge in [-0.15, -0.1) is 0 Å². The molecule has 20 heavy (non-hydrogen) atoms. The lowest BCUT2D eigenvalue weighted by atomic mass is 10.1. The molecule has 0 N–H and O–H groups in total. The topological polar surface area (TPSA) is 46.6 Å². The Labute approximate surface area is 127 Å². The standard InChI is InChI=1S/C14H16ClNO3S/c1-9(17)20-8-10-5-14(18)16(7-10)11-3-4-12(15)13(6-11)19-2/h3-4,6,10H,5,7-8H2,1-2H3. The Bertz CT molecular complexity index is 535. The fourth-order valence-electron chi connectivity index (χ4n) is 2.19. The normalized spacial score (nSPS) is 18.4. The Balaban J connectivity index is 2.09. The molecule has 0 aromatic heterocycles. The van der Waals surface area contributed by atoms with Crippen LogP contribution < -0.4 is 9.64 Å². The first-order valence-electron chi connectivity index (χ1n) is 6.28. The number of hydrogen-bond donors (Lipinski definition) is 0. The van der Waals surface area contributed by atoms with E-state index in [4.69, 9.17) is 16.3 Å². The Morgan fingerprint density at radius 1 is 1.55 bits per heavy atom. The summed E-state index contributed by atoms with van der Waals surface area (Å²) in [6.07, 6.45) is 0.477. The summed E-state index contributed by atoms with van der Waals surface area (Å²) in [5.74, 6) is 1.52. The predicted molar refractivity (Wildman–Crippen MR) is 81.6 cm³/mol. The predicted octanol–water partition coefficient (Wildman–Crippen LogP) is 2.98. The molecule has 1 fully saturated rings. The molecule has 0 saturated carbocycles. The van der Waals surface area contributed by atoms with E-state index in [1.165, 1.54) is 11.8 Å². The number of ether oxygens (including phenoxy) is 1. The number of hydrogen-bond acceptors (Lipinski definition) is 4. The molecule has 4 nitrogen and oxygen atoms in total. The molecule has 1 aliphatic rings. The van der Waals surface area contributed by atoms with Crippen LogP contribution in [0.25, 0.3) is 0 Å².